The van der Waals surface area contributed by atoms with Gasteiger partial charge in [0, 0.05) is 6.20 Å². The molecule has 3 N–H and O–H groups in total. The molecule has 1 aromatic heterocycles. The molecule has 0 aromatic carbocycles. The molecule has 0 saturated heterocycles. The summed E-state index contributed by atoms with van der Waals surface area (Å²) in [5.74, 6) is -0.143. The highest BCUT2D eigenvalue weighted by Crippen LogP contribution is 2.18. The van der Waals surface area contributed by atoms with Crippen molar-refractivity contribution in [3.63, 3.8) is 0 Å². The average Bonchev–Trinajstić information content (AvgIpc) is 2.27. The fourth-order valence-electron chi connectivity index (χ4n) is 1.40. The SMILES string of the molecule is C[C@H](NC(=O)[C@H](N)C(C)(C)C)c1ccccn1. The van der Waals surface area contributed by atoms with Crippen molar-refractivity contribution < 1.29 is 4.79 Å². The summed E-state index contributed by atoms with van der Waals surface area (Å²) in [6.45, 7) is 7.74. The third-order valence-electron chi connectivity index (χ3n) is 2.71. The second kappa shape index (κ2) is 5.27. The molecule has 0 aliphatic rings. The van der Waals surface area contributed by atoms with Gasteiger partial charge in [-0.15, -0.1) is 0 Å². The van der Waals surface area contributed by atoms with E-state index in [0.29, 0.717) is 0 Å². The van der Waals surface area contributed by atoms with Gasteiger partial charge in [0.2, 0.25) is 5.91 Å². The topological polar surface area (TPSA) is 68.0 Å². The first-order chi connectivity index (χ1) is 7.82. The largest absolute Gasteiger partial charge is 0.347 e. The minimum absolute atomic E-state index is 0.128. The second-order valence-electron chi connectivity index (χ2n) is 5.33. The Morgan fingerprint density at radius 2 is 2.06 bits per heavy atom. The molecule has 1 heterocycles. The Morgan fingerprint density at radius 1 is 1.41 bits per heavy atom. The number of nitrogens with zero attached hydrogens (tertiary/aromatic N) is 1. The van der Waals surface area contributed by atoms with Crippen LogP contribution in [0.2, 0.25) is 0 Å². The number of hydrogen-bond donors (Lipinski definition) is 2. The highest BCUT2D eigenvalue weighted by atomic mass is 16.2. The van der Waals surface area contributed by atoms with Crippen LogP contribution in [0.15, 0.2) is 24.4 Å². The first kappa shape index (κ1) is 13.6. The lowest BCUT2D eigenvalue weighted by atomic mass is 9.87. The van der Waals surface area contributed by atoms with Crippen LogP contribution >= 0.6 is 0 Å². The minimum atomic E-state index is -0.520. The zero-order valence-corrected chi connectivity index (χ0v) is 10.9. The summed E-state index contributed by atoms with van der Waals surface area (Å²) < 4.78 is 0. The minimum Gasteiger partial charge on any atom is -0.347 e. The Kier molecular flexibility index (Phi) is 4.23. The maximum Gasteiger partial charge on any atom is 0.237 e. The van der Waals surface area contributed by atoms with E-state index >= 15 is 0 Å². The molecule has 4 nitrogen and oxygen atoms in total. The van der Waals surface area contributed by atoms with Gasteiger partial charge in [0.15, 0.2) is 0 Å². The summed E-state index contributed by atoms with van der Waals surface area (Å²) in [5.41, 5.74) is 6.48. The van der Waals surface area contributed by atoms with Gasteiger partial charge < -0.3 is 11.1 Å². The highest BCUT2D eigenvalue weighted by molar-refractivity contribution is 5.82. The number of carbonyl (C=O) groups excluding carboxylic acids is 1. The van der Waals surface area contributed by atoms with Crippen molar-refractivity contribution in [3.05, 3.63) is 30.1 Å². The van der Waals surface area contributed by atoms with Gasteiger partial charge in [-0.05, 0) is 24.5 Å². The number of amides is 1. The molecule has 0 radical (unpaired) electrons. The number of carbonyl (C=O) groups is 1. The van der Waals surface area contributed by atoms with Crippen LogP contribution in [0.1, 0.15) is 39.4 Å². The Labute approximate surface area is 103 Å². The molecule has 2 atom stereocenters. The summed E-state index contributed by atoms with van der Waals surface area (Å²) in [5, 5.41) is 2.88. The lowest BCUT2D eigenvalue weighted by Gasteiger charge is -2.27. The van der Waals surface area contributed by atoms with Gasteiger partial charge in [0.05, 0.1) is 17.8 Å². The molecule has 0 bridgehead atoms. The number of pyridine rings is 1. The number of nitrogens with two attached hydrogens (primary N) is 1. The van der Waals surface area contributed by atoms with E-state index < -0.39 is 6.04 Å². The Balaban J connectivity index is 2.64. The predicted octanol–water partition coefficient (Wildman–Crippen LogP) is 1.63. The average molecular weight is 235 g/mol. The normalized spacial score (nSPS) is 15.1. The Hall–Kier alpha value is -1.42. The van der Waals surface area contributed by atoms with Gasteiger partial charge in [-0.2, -0.15) is 0 Å². The number of hydrogen-bond acceptors (Lipinski definition) is 3. The molecular weight excluding hydrogens is 214 g/mol. The van der Waals surface area contributed by atoms with Crippen molar-refractivity contribution in [1.29, 1.82) is 0 Å². The van der Waals surface area contributed by atoms with Gasteiger partial charge >= 0.3 is 0 Å². The van der Waals surface area contributed by atoms with E-state index in [1.54, 1.807) is 6.20 Å². The number of aromatic nitrogens is 1. The smallest absolute Gasteiger partial charge is 0.237 e. The molecule has 94 valence electrons. The maximum absolute atomic E-state index is 11.9. The Bertz CT molecular complexity index is 370. The van der Waals surface area contributed by atoms with E-state index in [2.05, 4.69) is 10.3 Å². The van der Waals surface area contributed by atoms with Crippen LogP contribution in [0.5, 0.6) is 0 Å². The van der Waals surface area contributed by atoms with Crippen molar-refractivity contribution in [3.8, 4) is 0 Å². The summed E-state index contributed by atoms with van der Waals surface area (Å²) in [7, 11) is 0. The molecule has 1 amide bonds. The van der Waals surface area contributed by atoms with Crippen LogP contribution in [0.4, 0.5) is 0 Å². The summed E-state index contributed by atoms with van der Waals surface area (Å²) in [4.78, 5) is 16.1. The van der Waals surface area contributed by atoms with E-state index in [4.69, 9.17) is 5.73 Å². The van der Waals surface area contributed by atoms with Gasteiger partial charge in [0.1, 0.15) is 0 Å². The van der Waals surface area contributed by atoms with Crippen LogP contribution in [0.25, 0.3) is 0 Å². The zero-order valence-electron chi connectivity index (χ0n) is 10.9. The molecule has 0 spiro atoms. The lowest BCUT2D eigenvalue weighted by molar-refractivity contribution is -0.125. The second-order valence-corrected chi connectivity index (χ2v) is 5.33. The van der Waals surface area contributed by atoms with E-state index in [1.807, 2.05) is 45.9 Å². The van der Waals surface area contributed by atoms with Gasteiger partial charge in [0.25, 0.3) is 0 Å². The molecule has 1 aromatic rings. The third-order valence-corrected chi connectivity index (χ3v) is 2.71. The first-order valence-electron chi connectivity index (χ1n) is 5.79. The summed E-state index contributed by atoms with van der Waals surface area (Å²) in [6.07, 6.45) is 1.71. The van der Waals surface area contributed by atoms with Gasteiger partial charge in [-0.1, -0.05) is 26.8 Å². The molecule has 0 aliphatic heterocycles. The van der Waals surface area contributed by atoms with Crippen LogP contribution in [-0.2, 0) is 4.79 Å². The molecule has 1 rings (SSSR count). The fraction of sp³-hybridized carbons (Fsp3) is 0.538. The quantitative estimate of drug-likeness (QED) is 0.836. The fourth-order valence-corrected chi connectivity index (χ4v) is 1.40. The summed E-state index contributed by atoms with van der Waals surface area (Å²) >= 11 is 0. The molecule has 17 heavy (non-hydrogen) atoms. The van der Waals surface area contributed by atoms with Crippen LogP contribution < -0.4 is 11.1 Å². The van der Waals surface area contributed by atoms with E-state index in [0.717, 1.165) is 5.69 Å². The van der Waals surface area contributed by atoms with Crippen molar-refractivity contribution >= 4 is 5.91 Å². The van der Waals surface area contributed by atoms with E-state index in [1.165, 1.54) is 0 Å². The molecular formula is C13H21N3O. The third kappa shape index (κ3) is 3.82. The van der Waals surface area contributed by atoms with Crippen molar-refractivity contribution in [2.75, 3.05) is 0 Å². The summed E-state index contributed by atoms with van der Waals surface area (Å²) in [6, 6.07) is 4.98. The van der Waals surface area contributed by atoms with E-state index in [-0.39, 0.29) is 17.4 Å². The molecule has 0 unspecified atom stereocenters. The molecule has 0 aliphatic carbocycles. The monoisotopic (exact) mass is 235 g/mol. The maximum atomic E-state index is 11.9. The van der Waals surface area contributed by atoms with Gasteiger partial charge in [-0.3, -0.25) is 9.78 Å². The highest BCUT2D eigenvalue weighted by Gasteiger charge is 2.28. The van der Waals surface area contributed by atoms with Crippen molar-refractivity contribution in [2.24, 2.45) is 11.1 Å². The molecule has 0 saturated carbocycles. The van der Waals surface area contributed by atoms with Crippen LogP contribution in [0.3, 0.4) is 0 Å². The van der Waals surface area contributed by atoms with Gasteiger partial charge in [-0.25, -0.2) is 0 Å². The first-order valence-corrected chi connectivity index (χ1v) is 5.79. The van der Waals surface area contributed by atoms with E-state index in [9.17, 15) is 4.79 Å². The zero-order chi connectivity index (χ0) is 13.1. The standard InChI is InChI=1S/C13H21N3O/c1-9(10-7-5-6-8-15-10)16-12(17)11(14)13(2,3)4/h5-9,11H,14H2,1-4H3,(H,16,17)/t9-,11-/m0/s1. The van der Waals surface area contributed by atoms with Crippen molar-refractivity contribution in [1.82, 2.24) is 10.3 Å². The predicted molar refractivity (Wildman–Crippen MR) is 68.2 cm³/mol. The van der Waals surface area contributed by atoms with Crippen LogP contribution in [-0.4, -0.2) is 16.9 Å². The van der Waals surface area contributed by atoms with Crippen molar-refractivity contribution in [2.45, 2.75) is 39.8 Å². The molecule has 4 heteroatoms. The number of rotatable bonds is 3. The molecule has 0 fully saturated rings. The number of nitrogens with one attached hydrogen (secondary N) is 1. The lowest BCUT2D eigenvalue weighted by Crippen LogP contribution is -2.49. The van der Waals surface area contributed by atoms with Crippen LogP contribution in [0, 0.1) is 5.41 Å². The Morgan fingerprint density at radius 3 is 2.53 bits per heavy atom.